The number of ether oxygens (including phenoxy) is 1. The standard InChI is InChI=1S/C21H20N6O5S/c1-13-14(2)26-32-21(13)27-33(29,30)18-10-6-15(7-11-18)23-20(28)19(12-22)25-24-16-4-8-17(31-3)9-5-16/h4-11,24,27H,1-3H3,(H,23,28)/b25-19+. The minimum absolute atomic E-state index is 0.0316. The first-order valence-electron chi connectivity index (χ1n) is 9.48. The summed E-state index contributed by atoms with van der Waals surface area (Å²) in [5.74, 6) is -0.0846. The number of nitriles is 1. The largest absolute Gasteiger partial charge is 0.497 e. The average molecular weight is 468 g/mol. The molecule has 0 saturated heterocycles. The molecule has 0 radical (unpaired) electrons. The van der Waals surface area contributed by atoms with Gasteiger partial charge >= 0.3 is 0 Å². The first-order chi connectivity index (χ1) is 15.7. The zero-order chi connectivity index (χ0) is 24.0. The summed E-state index contributed by atoms with van der Waals surface area (Å²) in [6.07, 6.45) is 0. The van der Waals surface area contributed by atoms with Crippen molar-refractivity contribution in [3.05, 3.63) is 59.8 Å². The van der Waals surface area contributed by atoms with Gasteiger partial charge in [0.25, 0.3) is 15.9 Å². The highest BCUT2D eigenvalue weighted by Crippen LogP contribution is 2.22. The molecule has 0 aliphatic carbocycles. The molecule has 0 spiro atoms. The molecule has 0 fully saturated rings. The van der Waals surface area contributed by atoms with Gasteiger partial charge in [-0.1, -0.05) is 5.16 Å². The quantitative estimate of drug-likeness (QED) is 0.336. The third kappa shape index (κ3) is 5.66. The highest BCUT2D eigenvalue weighted by Gasteiger charge is 2.19. The molecule has 2 aromatic carbocycles. The van der Waals surface area contributed by atoms with Crippen molar-refractivity contribution >= 4 is 38.9 Å². The highest BCUT2D eigenvalue weighted by atomic mass is 32.2. The minimum atomic E-state index is -3.92. The molecular formula is C21H20N6O5S. The molecule has 0 aliphatic heterocycles. The molecule has 33 heavy (non-hydrogen) atoms. The van der Waals surface area contributed by atoms with E-state index in [1.807, 2.05) is 0 Å². The van der Waals surface area contributed by atoms with E-state index in [1.54, 1.807) is 44.2 Å². The second kappa shape index (κ2) is 9.84. The Hall–Kier alpha value is -4.37. The molecule has 0 unspecified atom stereocenters. The van der Waals surface area contributed by atoms with Crippen molar-refractivity contribution in [1.82, 2.24) is 5.16 Å². The Morgan fingerprint density at radius 2 is 1.73 bits per heavy atom. The number of rotatable bonds is 8. The van der Waals surface area contributed by atoms with Gasteiger partial charge in [-0.3, -0.25) is 10.2 Å². The predicted molar refractivity (Wildman–Crippen MR) is 122 cm³/mol. The van der Waals surface area contributed by atoms with E-state index in [2.05, 4.69) is 25.7 Å². The molecule has 1 heterocycles. The first-order valence-corrected chi connectivity index (χ1v) is 11.0. The lowest BCUT2D eigenvalue weighted by Crippen LogP contribution is -2.22. The first kappa shape index (κ1) is 23.3. The van der Waals surface area contributed by atoms with Gasteiger partial charge in [-0.25, -0.2) is 13.1 Å². The van der Waals surface area contributed by atoms with Crippen molar-refractivity contribution in [2.45, 2.75) is 18.7 Å². The summed E-state index contributed by atoms with van der Waals surface area (Å²) in [5.41, 5.74) is 4.18. The Labute approximate surface area is 190 Å². The number of hydrazone groups is 1. The lowest BCUT2D eigenvalue weighted by Gasteiger charge is -2.08. The molecular weight excluding hydrogens is 448 g/mol. The molecule has 0 bridgehead atoms. The fraction of sp³-hybridized carbons (Fsp3) is 0.143. The number of nitrogens with one attached hydrogen (secondary N) is 3. The monoisotopic (exact) mass is 468 g/mol. The molecule has 1 amide bonds. The molecule has 1 aromatic heterocycles. The fourth-order valence-electron chi connectivity index (χ4n) is 2.51. The molecule has 11 nitrogen and oxygen atoms in total. The van der Waals surface area contributed by atoms with E-state index in [0.717, 1.165) is 0 Å². The van der Waals surface area contributed by atoms with Crippen LogP contribution < -0.4 is 20.2 Å². The van der Waals surface area contributed by atoms with Crippen molar-refractivity contribution in [2.24, 2.45) is 5.10 Å². The van der Waals surface area contributed by atoms with Gasteiger partial charge in [0.2, 0.25) is 11.6 Å². The van der Waals surface area contributed by atoms with Crippen LogP contribution in [0.1, 0.15) is 11.3 Å². The predicted octanol–water partition coefficient (Wildman–Crippen LogP) is 3.03. The van der Waals surface area contributed by atoms with Crippen molar-refractivity contribution in [3.63, 3.8) is 0 Å². The zero-order valence-corrected chi connectivity index (χ0v) is 18.7. The second-order valence-corrected chi connectivity index (χ2v) is 8.40. The Bertz CT molecular complexity index is 1320. The summed E-state index contributed by atoms with van der Waals surface area (Å²) in [6.45, 7) is 3.37. The van der Waals surface area contributed by atoms with Crippen molar-refractivity contribution < 1.29 is 22.5 Å². The maximum Gasteiger partial charge on any atom is 0.287 e. The summed E-state index contributed by atoms with van der Waals surface area (Å²) in [5, 5.41) is 19.3. The number of hydrogen-bond donors (Lipinski definition) is 3. The van der Waals surface area contributed by atoms with E-state index in [4.69, 9.17) is 9.26 Å². The number of amides is 1. The fourth-order valence-corrected chi connectivity index (χ4v) is 3.56. The number of hydrogen-bond acceptors (Lipinski definition) is 9. The van der Waals surface area contributed by atoms with E-state index in [0.29, 0.717) is 22.7 Å². The Morgan fingerprint density at radius 1 is 1.09 bits per heavy atom. The summed E-state index contributed by atoms with van der Waals surface area (Å²) in [7, 11) is -2.39. The van der Waals surface area contributed by atoms with E-state index in [9.17, 15) is 18.5 Å². The zero-order valence-electron chi connectivity index (χ0n) is 17.9. The molecule has 3 aromatic rings. The van der Waals surface area contributed by atoms with E-state index >= 15 is 0 Å². The minimum Gasteiger partial charge on any atom is -0.497 e. The Morgan fingerprint density at radius 3 is 2.27 bits per heavy atom. The van der Waals surface area contributed by atoms with Crippen LogP contribution in [0.2, 0.25) is 0 Å². The van der Waals surface area contributed by atoms with Crippen LogP contribution in [0.5, 0.6) is 5.75 Å². The van der Waals surface area contributed by atoms with Gasteiger partial charge in [-0.05, 0) is 62.4 Å². The summed E-state index contributed by atoms with van der Waals surface area (Å²) >= 11 is 0. The van der Waals surface area contributed by atoms with Crippen LogP contribution >= 0.6 is 0 Å². The van der Waals surface area contributed by atoms with Crippen LogP contribution in [0.15, 0.2) is 63.1 Å². The van der Waals surface area contributed by atoms with Gasteiger partial charge in [0.1, 0.15) is 11.8 Å². The van der Waals surface area contributed by atoms with Crippen LogP contribution in [0.4, 0.5) is 17.3 Å². The topological polar surface area (TPSA) is 159 Å². The Kier molecular flexibility index (Phi) is 6.94. The van der Waals surface area contributed by atoms with Crippen LogP contribution in [0.25, 0.3) is 0 Å². The molecule has 0 aliphatic rings. The molecule has 0 saturated carbocycles. The van der Waals surface area contributed by atoms with Crippen molar-refractivity contribution in [1.29, 1.82) is 5.26 Å². The number of carbonyl (C=O) groups excluding carboxylic acids is 1. The number of anilines is 3. The second-order valence-electron chi connectivity index (χ2n) is 6.72. The summed E-state index contributed by atoms with van der Waals surface area (Å²) in [4.78, 5) is 12.3. The number of methoxy groups -OCH3 is 1. The number of sulfonamides is 1. The third-order valence-corrected chi connectivity index (χ3v) is 5.86. The average Bonchev–Trinajstić information content (AvgIpc) is 3.12. The van der Waals surface area contributed by atoms with Crippen molar-refractivity contribution in [2.75, 3.05) is 22.6 Å². The molecule has 170 valence electrons. The third-order valence-electron chi connectivity index (χ3n) is 4.51. The van der Waals surface area contributed by atoms with Gasteiger partial charge < -0.3 is 14.6 Å². The number of aromatic nitrogens is 1. The lowest BCUT2D eigenvalue weighted by atomic mass is 10.3. The van der Waals surface area contributed by atoms with E-state index in [-0.39, 0.29) is 16.5 Å². The van der Waals surface area contributed by atoms with Gasteiger partial charge in [-0.2, -0.15) is 10.4 Å². The number of carbonyl (C=O) groups is 1. The molecule has 3 rings (SSSR count). The summed E-state index contributed by atoms with van der Waals surface area (Å²) in [6, 6.07) is 13.8. The SMILES string of the molecule is COc1ccc(N/N=C(\C#N)C(=O)Nc2ccc(S(=O)(=O)Nc3onc(C)c3C)cc2)cc1. The van der Waals surface area contributed by atoms with E-state index in [1.165, 1.54) is 31.4 Å². The van der Waals surface area contributed by atoms with Crippen LogP contribution in [-0.2, 0) is 14.8 Å². The normalized spacial score (nSPS) is 11.4. The van der Waals surface area contributed by atoms with Crippen molar-refractivity contribution in [3.8, 4) is 11.8 Å². The maximum absolute atomic E-state index is 12.5. The Balaban J connectivity index is 1.66. The van der Waals surface area contributed by atoms with Crippen LogP contribution in [0, 0.1) is 25.2 Å². The van der Waals surface area contributed by atoms with Gasteiger partial charge in [0, 0.05) is 11.3 Å². The number of aryl methyl sites for hydroxylation is 1. The number of nitrogens with zero attached hydrogens (tertiary/aromatic N) is 3. The van der Waals surface area contributed by atoms with Gasteiger partial charge in [0.05, 0.1) is 23.4 Å². The van der Waals surface area contributed by atoms with Gasteiger partial charge in [-0.15, -0.1) is 0 Å². The molecule has 3 N–H and O–H groups in total. The summed E-state index contributed by atoms with van der Waals surface area (Å²) < 4.78 is 37.5. The molecule has 0 atom stereocenters. The van der Waals surface area contributed by atoms with Crippen LogP contribution in [-0.4, -0.2) is 32.3 Å². The molecule has 12 heteroatoms. The number of benzene rings is 2. The van der Waals surface area contributed by atoms with E-state index < -0.39 is 21.6 Å². The maximum atomic E-state index is 12.5. The highest BCUT2D eigenvalue weighted by molar-refractivity contribution is 7.92. The smallest absolute Gasteiger partial charge is 0.287 e. The lowest BCUT2D eigenvalue weighted by molar-refractivity contribution is -0.110. The van der Waals surface area contributed by atoms with Gasteiger partial charge in [0.15, 0.2) is 0 Å². The van der Waals surface area contributed by atoms with Crippen LogP contribution in [0.3, 0.4) is 0 Å².